The van der Waals surface area contributed by atoms with E-state index in [-0.39, 0.29) is 18.1 Å². The van der Waals surface area contributed by atoms with Crippen molar-refractivity contribution in [3.05, 3.63) is 18.0 Å². The van der Waals surface area contributed by atoms with Crippen LogP contribution in [0.5, 0.6) is 0 Å². The van der Waals surface area contributed by atoms with Crippen molar-refractivity contribution < 1.29 is 9.53 Å². The van der Waals surface area contributed by atoms with Crippen LogP contribution in [0.1, 0.15) is 37.3 Å². The molecular formula is C13H21N3O2. The highest BCUT2D eigenvalue weighted by molar-refractivity contribution is 5.94. The van der Waals surface area contributed by atoms with Crippen LogP contribution in [0.25, 0.3) is 0 Å². The molecule has 1 unspecified atom stereocenters. The molecule has 1 saturated heterocycles. The Hall–Kier alpha value is -1.49. The fraction of sp³-hybridized carbons (Fsp3) is 0.615. The Bertz CT molecular complexity index is 439. The summed E-state index contributed by atoms with van der Waals surface area (Å²) in [5.41, 5.74) is 7.09. The maximum Gasteiger partial charge on any atom is 0.270 e. The second kappa shape index (κ2) is 5.02. The van der Waals surface area contributed by atoms with E-state index in [9.17, 15) is 4.79 Å². The van der Waals surface area contributed by atoms with Gasteiger partial charge in [0, 0.05) is 25.3 Å². The van der Waals surface area contributed by atoms with Gasteiger partial charge in [-0.05, 0) is 26.8 Å². The van der Waals surface area contributed by atoms with E-state index in [2.05, 4.69) is 0 Å². The lowest BCUT2D eigenvalue weighted by atomic mass is 10.2. The molecule has 0 bridgehead atoms. The van der Waals surface area contributed by atoms with Gasteiger partial charge >= 0.3 is 0 Å². The SMILES string of the molecule is CC1CN(C(=O)c2cc(N)cn2C(C)C)CCO1. The Labute approximate surface area is 108 Å². The van der Waals surface area contributed by atoms with Crippen molar-refractivity contribution in [1.29, 1.82) is 0 Å². The first-order valence-corrected chi connectivity index (χ1v) is 6.37. The maximum atomic E-state index is 12.5. The van der Waals surface area contributed by atoms with Crippen molar-refractivity contribution in [1.82, 2.24) is 9.47 Å². The molecule has 0 aromatic carbocycles. The Balaban J connectivity index is 2.22. The van der Waals surface area contributed by atoms with Crippen LogP contribution in [0.15, 0.2) is 12.3 Å². The molecule has 0 spiro atoms. The predicted molar refractivity (Wildman–Crippen MR) is 70.5 cm³/mol. The third-order valence-electron chi connectivity index (χ3n) is 3.17. The molecule has 1 amide bonds. The number of nitrogens with zero attached hydrogens (tertiary/aromatic N) is 2. The molecule has 2 heterocycles. The molecule has 1 atom stereocenters. The maximum absolute atomic E-state index is 12.5. The third-order valence-corrected chi connectivity index (χ3v) is 3.17. The second-order valence-corrected chi connectivity index (χ2v) is 5.09. The van der Waals surface area contributed by atoms with E-state index in [1.54, 1.807) is 6.07 Å². The molecule has 0 saturated carbocycles. The summed E-state index contributed by atoms with van der Waals surface area (Å²) < 4.78 is 7.38. The Morgan fingerprint density at radius 3 is 2.89 bits per heavy atom. The Morgan fingerprint density at radius 2 is 2.28 bits per heavy atom. The average molecular weight is 251 g/mol. The Kier molecular flexibility index (Phi) is 3.61. The van der Waals surface area contributed by atoms with Crippen LogP contribution in [-0.2, 0) is 4.74 Å². The molecule has 0 aliphatic carbocycles. The van der Waals surface area contributed by atoms with E-state index in [1.807, 2.05) is 36.4 Å². The van der Waals surface area contributed by atoms with E-state index in [0.29, 0.717) is 31.1 Å². The van der Waals surface area contributed by atoms with Crippen LogP contribution in [0.4, 0.5) is 5.69 Å². The predicted octanol–water partition coefficient (Wildman–Crippen LogP) is 1.51. The highest BCUT2D eigenvalue weighted by atomic mass is 16.5. The number of morpholine rings is 1. The van der Waals surface area contributed by atoms with Gasteiger partial charge in [0.15, 0.2) is 0 Å². The molecule has 1 fully saturated rings. The Morgan fingerprint density at radius 1 is 1.56 bits per heavy atom. The number of anilines is 1. The highest BCUT2D eigenvalue weighted by Gasteiger charge is 2.25. The van der Waals surface area contributed by atoms with Crippen LogP contribution in [0.3, 0.4) is 0 Å². The van der Waals surface area contributed by atoms with Gasteiger partial charge in [0.05, 0.1) is 18.4 Å². The summed E-state index contributed by atoms with van der Waals surface area (Å²) in [6.45, 7) is 7.95. The first kappa shape index (κ1) is 13.0. The van der Waals surface area contributed by atoms with Gasteiger partial charge in [0.2, 0.25) is 0 Å². The lowest BCUT2D eigenvalue weighted by Gasteiger charge is -2.31. The molecule has 0 radical (unpaired) electrons. The standard InChI is InChI=1S/C13H21N3O2/c1-9(2)16-8-11(14)6-12(16)13(17)15-4-5-18-10(3)7-15/h6,8-10H,4-5,7,14H2,1-3H3. The van der Waals surface area contributed by atoms with Crippen LogP contribution in [0.2, 0.25) is 0 Å². The first-order valence-electron chi connectivity index (χ1n) is 6.37. The van der Waals surface area contributed by atoms with Gasteiger partial charge in [-0.1, -0.05) is 0 Å². The van der Waals surface area contributed by atoms with Gasteiger partial charge in [-0.3, -0.25) is 4.79 Å². The normalized spacial score (nSPS) is 20.4. The van der Waals surface area contributed by atoms with Crippen molar-refractivity contribution in [3.63, 3.8) is 0 Å². The zero-order valence-electron chi connectivity index (χ0n) is 11.2. The number of hydrogen-bond acceptors (Lipinski definition) is 3. The number of carbonyl (C=O) groups is 1. The van der Waals surface area contributed by atoms with Crippen molar-refractivity contribution in [2.24, 2.45) is 0 Å². The molecule has 1 aromatic heterocycles. The number of ether oxygens (including phenoxy) is 1. The summed E-state index contributed by atoms with van der Waals surface area (Å²) in [6.07, 6.45) is 1.92. The van der Waals surface area contributed by atoms with Gasteiger partial charge in [0.1, 0.15) is 5.69 Å². The van der Waals surface area contributed by atoms with E-state index in [1.165, 1.54) is 0 Å². The molecule has 5 heteroatoms. The van der Waals surface area contributed by atoms with E-state index in [0.717, 1.165) is 0 Å². The molecule has 1 aliphatic rings. The topological polar surface area (TPSA) is 60.5 Å². The zero-order valence-corrected chi connectivity index (χ0v) is 11.2. The van der Waals surface area contributed by atoms with Gasteiger partial charge in [-0.25, -0.2) is 0 Å². The van der Waals surface area contributed by atoms with Crippen LogP contribution in [-0.4, -0.2) is 41.2 Å². The zero-order chi connectivity index (χ0) is 13.3. The number of rotatable bonds is 2. The number of nitrogens with two attached hydrogens (primary N) is 1. The molecular weight excluding hydrogens is 230 g/mol. The number of aromatic nitrogens is 1. The molecule has 1 aromatic rings. The molecule has 100 valence electrons. The number of hydrogen-bond donors (Lipinski definition) is 1. The largest absolute Gasteiger partial charge is 0.397 e. The highest BCUT2D eigenvalue weighted by Crippen LogP contribution is 2.19. The molecule has 2 N–H and O–H groups in total. The molecule has 2 rings (SSSR count). The van der Waals surface area contributed by atoms with Crippen LogP contribution in [0, 0.1) is 0 Å². The van der Waals surface area contributed by atoms with Crippen LogP contribution >= 0.6 is 0 Å². The van der Waals surface area contributed by atoms with Crippen molar-refractivity contribution in [3.8, 4) is 0 Å². The van der Waals surface area contributed by atoms with E-state index < -0.39 is 0 Å². The van der Waals surface area contributed by atoms with E-state index in [4.69, 9.17) is 10.5 Å². The molecule has 5 nitrogen and oxygen atoms in total. The number of carbonyl (C=O) groups excluding carboxylic acids is 1. The smallest absolute Gasteiger partial charge is 0.270 e. The van der Waals surface area contributed by atoms with Gasteiger partial charge < -0.3 is 19.9 Å². The minimum Gasteiger partial charge on any atom is -0.397 e. The summed E-state index contributed by atoms with van der Waals surface area (Å²) in [5, 5.41) is 0. The minimum atomic E-state index is 0.0375. The second-order valence-electron chi connectivity index (χ2n) is 5.09. The molecule has 1 aliphatic heterocycles. The van der Waals surface area contributed by atoms with Gasteiger partial charge in [-0.15, -0.1) is 0 Å². The monoisotopic (exact) mass is 251 g/mol. The number of nitrogen functional groups attached to an aromatic ring is 1. The van der Waals surface area contributed by atoms with Crippen molar-refractivity contribution in [2.75, 3.05) is 25.4 Å². The first-order chi connectivity index (χ1) is 8.49. The van der Waals surface area contributed by atoms with Crippen molar-refractivity contribution in [2.45, 2.75) is 32.9 Å². The number of amides is 1. The lowest BCUT2D eigenvalue weighted by molar-refractivity contribution is -0.0128. The summed E-state index contributed by atoms with van der Waals surface area (Å²) >= 11 is 0. The van der Waals surface area contributed by atoms with Gasteiger partial charge in [-0.2, -0.15) is 0 Å². The quantitative estimate of drug-likeness (QED) is 0.866. The fourth-order valence-electron chi connectivity index (χ4n) is 2.26. The van der Waals surface area contributed by atoms with Crippen molar-refractivity contribution >= 4 is 11.6 Å². The fourth-order valence-corrected chi connectivity index (χ4v) is 2.26. The minimum absolute atomic E-state index is 0.0375. The summed E-state index contributed by atoms with van der Waals surface area (Å²) in [7, 11) is 0. The summed E-state index contributed by atoms with van der Waals surface area (Å²) in [6, 6.07) is 1.97. The van der Waals surface area contributed by atoms with Crippen LogP contribution < -0.4 is 5.73 Å². The lowest BCUT2D eigenvalue weighted by Crippen LogP contribution is -2.45. The van der Waals surface area contributed by atoms with Gasteiger partial charge in [0.25, 0.3) is 5.91 Å². The summed E-state index contributed by atoms with van der Waals surface area (Å²) in [5.74, 6) is 0.0375. The average Bonchev–Trinajstić information content (AvgIpc) is 2.70. The third kappa shape index (κ3) is 2.51. The summed E-state index contributed by atoms with van der Waals surface area (Å²) in [4.78, 5) is 14.3. The molecule has 18 heavy (non-hydrogen) atoms. The van der Waals surface area contributed by atoms with E-state index >= 15 is 0 Å².